The zero-order valence-corrected chi connectivity index (χ0v) is 15.8. The lowest BCUT2D eigenvalue weighted by molar-refractivity contribution is -0.116. The van der Waals surface area contributed by atoms with Gasteiger partial charge in [0.25, 0.3) is 0 Å². The van der Waals surface area contributed by atoms with Crippen LogP contribution in [0.3, 0.4) is 0 Å². The van der Waals surface area contributed by atoms with Gasteiger partial charge in [-0.05, 0) is 43.2 Å². The molecule has 0 radical (unpaired) electrons. The molecule has 1 aliphatic heterocycles. The Morgan fingerprint density at radius 1 is 1.07 bits per heavy atom. The van der Waals surface area contributed by atoms with Crippen molar-refractivity contribution < 1.29 is 22.7 Å². The van der Waals surface area contributed by atoms with Crippen LogP contribution in [0.1, 0.15) is 18.4 Å². The van der Waals surface area contributed by atoms with E-state index in [1.54, 1.807) is 6.07 Å². The maximum atomic E-state index is 12.4. The Hall–Kier alpha value is -2.58. The number of rotatable bonds is 7. The third-order valence-electron chi connectivity index (χ3n) is 4.00. The van der Waals surface area contributed by atoms with Crippen LogP contribution in [0.2, 0.25) is 0 Å². The summed E-state index contributed by atoms with van der Waals surface area (Å²) < 4.78 is 38.1. The maximum absolute atomic E-state index is 12.4. The molecule has 8 heteroatoms. The molecule has 0 unspecified atom stereocenters. The van der Waals surface area contributed by atoms with Gasteiger partial charge in [0.1, 0.15) is 13.2 Å². The first kappa shape index (κ1) is 19.2. The Morgan fingerprint density at radius 3 is 2.63 bits per heavy atom. The quantitative estimate of drug-likeness (QED) is 0.709. The lowest BCUT2D eigenvalue weighted by Crippen LogP contribution is -2.26. The van der Waals surface area contributed by atoms with Crippen molar-refractivity contribution >= 4 is 21.6 Å². The van der Waals surface area contributed by atoms with Gasteiger partial charge in [-0.1, -0.05) is 12.1 Å². The summed E-state index contributed by atoms with van der Waals surface area (Å²) in [6, 6.07) is 12.0. The highest BCUT2D eigenvalue weighted by Crippen LogP contribution is 2.32. The van der Waals surface area contributed by atoms with Gasteiger partial charge >= 0.3 is 0 Å². The van der Waals surface area contributed by atoms with Gasteiger partial charge in [-0.3, -0.25) is 4.79 Å². The summed E-state index contributed by atoms with van der Waals surface area (Å²) in [5, 5.41) is 2.80. The topological polar surface area (TPSA) is 93.7 Å². The fourth-order valence-corrected chi connectivity index (χ4v) is 3.77. The Bertz CT molecular complexity index is 927. The van der Waals surface area contributed by atoms with E-state index in [1.165, 1.54) is 12.1 Å². The number of aryl methyl sites for hydroxylation is 1. The van der Waals surface area contributed by atoms with Crippen molar-refractivity contribution in [3.8, 4) is 11.5 Å². The molecule has 1 heterocycles. The van der Waals surface area contributed by atoms with Crippen molar-refractivity contribution in [2.24, 2.45) is 0 Å². The van der Waals surface area contributed by atoms with Crippen LogP contribution in [0, 0.1) is 6.92 Å². The van der Waals surface area contributed by atoms with Crippen LogP contribution in [-0.2, 0) is 14.8 Å². The van der Waals surface area contributed by atoms with E-state index in [0.29, 0.717) is 31.1 Å². The fraction of sp³-hybridized carbons (Fsp3) is 0.316. The molecular weight excluding hydrogens is 368 g/mol. The number of ether oxygens (including phenoxy) is 2. The summed E-state index contributed by atoms with van der Waals surface area (Å²) in [5.41, 5.74) is 1.79. The normalized spacial score (nSPS) is 13.2. The minimum absolute atomic E-state index is 0.107. The molecule has 0 spiro atoms. The fourth-order valence-electron chi connectivity index (χ4n) is 2.68. The van der Waals surface area contributed by atoms with Gasteiger partial charge in [0.05, 0.1) is 4.90 Å². The first-order valence-corrected chi connectivity index (χ1v) is 10.2. The molecule has 0 aromatic heterocycles. The molecule has 7 nitrogen and oxygen atoms in total. The number of sulfonamides is 1. The summed E-state index contributed by atoms with van der Waals surface area (Å²) in [6.45, 7) is 2.95. The van der Waals surface area contributed by atoms with Crippen LogP contribution in [0.5, 0.6) is 11.5 Å². The largest absolute Gasteiger partial charge is 0.486 e. The maximum Gasteiger partial charge on any atom is 0.240 e. The molecule has 0 bridgehead atoms. The molecule has 0 saturated carbocycles. The van der Waals surface area contributed by atoms with Gasteiger partial charge in [0, 0.05) is 24.7 Å². The van der Waals surface area contributed by atoms with Crippen molar-refractivity contribution in [1.82, 2.24) is 4.72 Å². The predicted octanol–water partition coefficient (Wildman–Crippen LogP) is 2.46. The Morgan fingerprint density at radius 2 is 1.85 bits per heavy atom. The zero-order valence-electron chi connectivity index (χ0n) is 15.0. The molecule has 0 fully saturated rings. The molecule has 0 aliphatic carbocycles. The Balaban J connectivity index is 1.48. The van der Waals surface area contributed by atoms with Crippen LogP contribution in [0.25, 0.3) is 0 Å². The van der Waals surface area contributed by atoms with Gasteiger partial charge in [-0.25, -0.2) is 13.1 Å². The minimum atomic E-state index is -3.67. The molecule has 0 atom stereocenters. The molecule has 0 saturated heterocycles. The van der Waals surface area contributed by atoms with Crippen LogP contribution in [0.15, 0.2) is 47.4 Å². The van der Waals surface area contributed by atoms with E-state index in [4.69, 9.17) is 9.47 Å². The lowest BCUT2D eigenvalue weighted by atomic mass is 10.2. The predicted molar refractivity (Wildman–Crippen MR) is 102 cm³/mol. The van der Waals surface area contributed by atoms with Crippen LogP contribution in [0.4, 0.5) is 5.69 Å². The molecule has 2 aromatic rings. The first-order valence-electron chi connectivity index (χ1n) is 8.70. The molecule has 3 rings (SSSR count). The molecule has 144 valence electrons. The monoisotopic (exact) mass is 390 g/mol. The number of hydrogen-bond acceptors (Lipinski definition) is 5. The number of carbonyl (C=O) groups excluding carboxylic acids is 1. The number of amides is 1. The number of nitrogens with one attached hydrogen (secondary N) is 2. The van der Waals surface area contributed by atoms with Crippen molar-refractivity contribution in [2.75, 3.05) is 25.1 Å². The van der Waals surface area contributed by atoms with Crippen LogP contribution in [-0.4, -0.2) is 34.1 Å². The summed E-state index contributed by atoms with van der Waals surface area (Å²) >= 11 is 0. The van der Waals surface area contributed by atoms with E-state index in [2.05, 4.69) is 10.0 Å². The van der Waals surface area contributed by atoms with Crippen molar-refractivity contribution in [3.63, 3.8) is 0 Å². The summed E-state index contributed by atoms with van der Waals surface area (Å²) in [4.78, 5) is 12.1. The number of carbonyl (C=O) groups is 1. The number of benzene rings is 2. The second-order valence-corrected chi connectivity index (χ2v) is 7.99. The van der Waals surface area contributed by atoms with E-state index in [0.717, 1.165) is 11.3 Å². The van der Waals surface area contributed by atoms with Gasteiger partial charge < -0.3 is 14.8 Å². The average molecular weight is 390 g/mol. The average Bonchev–Trinajstić information content (AvgIpc) is 2.65. The molecule has 2 N–H and O–H groups in total. The van der Waals surface area contributed by atoms with E-state index >= 15 is 0 Å². The highest BCUT2D eigenvalue weighted by Gasteiger charge is 2.19. The third kappa shape index (κ3) is 5.21. The van der Waals surface area contributed by atoms with Crippen LogP contribution >= 0.6 is 0 Å². The van der Waals surface area contributed by atoms with E-state index < -0.39 is 10.0 Å². The van der Waals surface area contributed by atoms with Crippen LogP contribution < -0.4 is 19.5 Å². The Labute approximate surface area is 158 Å². The van der Waals surface area contributed by atoms with E-state index in [9.17, 15) is 13.2 Å². The van der Waals surface area contributed by atoms with Crippen molar-refractivity contribution in [1.29, 1.82) is 0 Å². The second kappa shape index (κ2) is 8.41. The number of hydrogen-bond donors (Lipinski definition) is 2. The molecular formula is C19H22N2O5S. The molecule has 1 amide bonds. The summed E-state index contributed by atoms with van der Waals surface area (Å²) in [6.07, 6.45) is 0.610. The highest BCUT2D eigenvalue weighted by atomic mass is 32.2. The number of fused-ring (bicyclic) bond motifs is 1. The van der Waals surface area contributed by atoms with Gasteiger partial charge in [-0.15, -0.1) is 0 Å². The van der Waals surface area contributed by atoms with Gasteiger partial charge in [0.2, 0.25) is 15.9 Å². The van der Waals surface area contributed by atoms with E-state index in [-0.39, 0.29) is 23.8 Å². The van der Waals surface area contributed by atoms with E-state index in [1.807, 2.05) is 31.2 Å². The molecule has 1 aliphatic rings. The third-order valence-corrected chi connectivity index (χ3v) is 5.46. The summed E-state index contributed by atoms with van der Waals surface area (Å²) in [5.74, 6) is 0.800. The van der Waals surface area contributed by atoms with Gasteiger partial charge in [-0.2, -0.15) is 0 Å². The highest BCUT2D eigenvalue weighted by molar-refractivity contribution is 7.89. The number of anilines is 1. The smallest absolute Gasteiger partial charge is 0.240 e. The SMILES string of the molecule is Cc1cccc(NC(=O)CCCNS(=O)(=O)c2ccc3c(c2)OCCO3)c1. The Kier molecular flexibility index (Phi) is 5.98. The zero-order chi connectivity index (χ0) is 19.3. The molecule has 2 aromatic carbocycles. The standard InChI is InChI=1S/C19H22N2O5S/c1-14-4-2-5-15(12-14)21-19(22)6-3-9-20-27(23,24)16-7-8-17-18(13-16)26-11-10-25-17/h2,4-5,7-8,12-13,20H,3,6,9-11H2,1H3,(H,21,22). The second-order valence-electron chi connectivity index (χ2n) is 6.22. The first-order chi connectivity index (χ1) is 12.9. The van der Waals surface area contributed by atoms with Gasteiger partial charge in [0.15, 0.2) is 11.5 Å². The van der Waals surface area contributed by atoms with Crippen molar-refractivity contribution in [3.05, 3.63) is 48.0 Å². The molecule has 27 heavy (non-hydrogen) atoms. The van der Waals surface area contributed by atoms with Crippen molar-refractivity contribution in [2.45, 2.75) is 24.7 Å². The minimum Gasteiger partial charge on any atom is -0.486 e. The lowest BCUT2D eigenvalue weighted by Gasteiger charge is -2.18. The summed E-state index contributed by atoms with van der Waals surface area (Å²) in [7, 11) is -3.67.